The van der Waals surface area contributed by atoms with E-state index in [1.807, 2.05) is 42.5 Å². The highest BCUT2D eigenvalue weighted by atomic mass is 32.1. The molecule has 2 heterocycles. The third kappa shape index (κ3) is 2.90. The molecule has 3 aromatic rings. The summed E-state index contributed by atoms with van der Waals surface area (Å²) in [4.78, 5) is 17.5. The molecule has 0 spiro atoms. The number of carbonyl (C=O) groups is 1. The summed E-state index contributed by atoms with van der Waals surface area (Å²) in [5.41, 5.74) is 3.30. The van der Waals surface area contributed by atoms with Crippen molar-refractivity contribution in [3.05, 3.63) is 70.7 Å². The lowest BCUT2D eigenvalue weighted by Gasteiger charge is -2.01. The highest BCUT2D eigenvalue weighted by Gasteiger charge is 2.16. The number of thiazole rings is 1. The van der Waals surface area contributed by atoms with Gasteiger partial charge >= 0.3 is 0 Å². The molecule has 0 saturated carbocycles. The summed E-state index contributed by atoms with van der Waals surface area (Å²) in [7, 11) is 0. The van der Waals surface area contributed by atoms with Gasteiger partial charge in [0.2, 0.25) is 0 Å². The van der Waals surface area contributed by atoms with Crippen molar-refractivity contribution < 1.29 is 9.53 Å². The molecule has 23 heavy (non-hydrogen) atoms. The number of Topliss-reactive ketones (excluding diaryl/α,β-unsaturated/α-hetero) is 1. The van der Waals surface area contributed by atoms with Crippen molar-refractivity contribution >= 4 is 17.1 Å². The van der Waals surface area contributed by atoms with Gasteiger partial charge in [0.25, 0.3) is 0 Å². The third-order valence-corrected chi connectivity index (χ3v) is 5.01. The number of ether oxygens (including phenoxy) is 1. The van der Waals surface area contributed by atoms with E-state index in [4.69, 9.17) is 4.74 Å². The van der Waals surface area contributed by atoms with Crippen molar-refractivity contribution in [2.45, 2.75) is 12.8 Å². The van der Waals surface area contributed by atoms with E-state index in [9.17, 15) is 4.79 Å². The molecule has 3 nitrogen and oxygen atoms in total. The third-order valence-electron chi connectivity index (χ3n) is 3.92. The van der Waals surface area contributed by atoms with E-state index in [0.717, 1.165) is 34.9 Å². The predicted octanol–water partition coefficient (Wildman–Crippen LogP) is 4.17. The van der Waals surface area contributed by atoms with Crippen molar-refractivity contribution in [2.75, 3.05) is 6.61 Å². The molecule has 0 bridgehead atoms. The molecule has 0 radical (unpaired) electrons. The first-order valence-electron chi connectivity index (χ1n) is 7.59. The highest BCUT2D eigenvalue weighted by Crippen LogP contribution is 2.32. The second-order valence-corrected chi connectivity index (χ2v) is 6.57. The van der Waals surface area contributed by atoms with Crippen molar-refractivity contribution in [1.82, 2.24) is 4.98 Å². The molecular weight excluding hydrogens is 306 g/mol. The lowest BCUT2D eigenvalue weighted by molar-refractivity contribution is 0.0996. The van der Waals surface area contributed by atoms with Gasteiger partial charge in [-0.25, -0.2) is 4.98 Å². The first-order valence-corrected chi connectivity index (χ1v) is 8.40. The lowest BCUT2D eigenvalue weighted by Crippen LogP contribution is -2.00. The van der Waals surface area contributed by atoms with E-state index in [1.165, 1.54) is 16.9 Å². The first kappa shape index (κ1) is 14.2. The summed E-state index contributed by atoms with van der Waals surface area (Å²) < 4.78 is 5.53. The topological polar surface area (TPSA) is 39.2 Å². The Kier molecular flexibility index (Phi) is 3.67. The zero-order valence-corrected chi connectivity index (χ0v) is 13.3. The Labute approximate surface area is 138 Å². The molecule has 0 aliphatic carbocycles. The van der Waals surface area contributed by atoms with Crippen molar-refractivity contribution in [3.63, 3.8) is 0 Å². The molecule has 0 atom stereocenters. The highest BCUT2D eigenvalue weighted by molar-refractivity contribution is 7.16. The van der Waals surface area contributed by atoms with Crippen LogP contribution in [0, 0.1) is 0 Å². The number of hydrogen-bond donors (Lipinski definition) is 0. The molecule has 0 amide bonds. The van der Waals surface area contributed by atoms with Gasteiger partial charge in [0.05, 0.1) is 11.5 Å². The fourth-order valence-electron chi connectivity index (χ4n) is 2.72. The van der Waals surface area contributed by atoms with E-state index in [1.54, 1.807) is 6.20 Å². The van der Waals surface area contributed by atoms with Crippen molar-refractivity contribution in [2.24, 2.45) is 0 Å². The molecule has 4 heteroatoms. The smallest absolute Gasteiger partial charge is 0.178 e. The molecule has 0 saturated heterocycles. The number of nitrogens with zero attached hydrogens (tertiary/aromatic N) is 1. The summed E-state index contributed by atoms with van der Waals surface area (Å²) >= 11 is 1.46. The molecule has 0 N–H and O–H groups in total. The van der Waals surface area contributed by atoms with E-state index in [2.05, 4.69) is 11.1 Å². The normalized spacial score (nSPS) is 12.7. The molecule has 1 aromatic heterocycles. The average molecular weight is 321 g/mol. The van der Waals surface area contributed by atoms with Gasteiger partial charge in [-0.2, -0.15) is 0 Å². The first-order chi connectivity index (χ1) is 11.3. The molecule has 0 unspecified atom stereocenters. The molecule has 1 aliphatic heterocycles. The standard InChI is InChI=1S/C19H15NO2S/c21-16(10-13-4-2-1-3-5-13)18-12-20-19(23-18)15-6-7-17-14(11-15)8-9-22-17/h1-7,11-12H,8-10H2. The molecule has 4 rings (SSSR count). The van der Waals surface area contributed by atoms with Gasteiger partial charge in [0, 0.05) is 24.6 Å². The second kappa shape index (κ2) is 5.97. The summed E-state index contributed by atoms with van der Waals surface area (Å²) in [6, 6.07) is 15.9. The quantitative estimate of drug-likeness (QED) is 0.677. The van der Waals surface area contributed by atoms with E-state index < -0.39 is 0 Å². The molecular formula is C19H15NO2S. The second-order valence-electron chi connectivity index (χ2n) is 5.54. The summed E-state index contributed by atoms with van der Waals surface area (Å²) in [6.45, 7) is 0.747. The van der Waals surface area contributed by atoms with Crippen LogP contribution in [0.25, 0.3) is 10.6 Å². The number of carbonyl (C=O) groups excluding carboxylic acids is 1. The van der Waals surface area contributed by atoms with Crippen LogP contribution in [0.2, 0.25) is 0 Å². The Morgan fingerprint density at radius 3 is 2.91 bits per heavy atom. The molecule has 114 valence electrons. The van der Waals surface area contributed by atoms with Crippen LogP contribution in [0.5, 0.6) is 5.75 Å². The minimum Gasteiger partial charge on any atom is -0.493 e. The van der Waals surface area contributed by atoms with Gasteiger partial charge in [-0.3, -0.25) is 4.79 Å². The van der Waals surface area contributed by atoms with Gasteiger partial charge in [-0.1, -0.05) is 30.3 Å². The lowest BCUT2D eigenvalue weighted by atomic mass is 10.1. The van der Waals surface area contributed by atoms with Gasteiger partial charge in [-0.15, -0.1) is 11.3 Å². The molecule has 0 fully saturated rings. The van der Waals surface area contributed by atoms with Crippen LogP contribution in [0.3, 0.4) is 0 Å². The Hall–Kier alpha value is -2.46. The Morgan fingerprint density at radius 1 is 1.17 bits per heavy atom. The zero-order valence-electron chi connectivity index (χ0n) is 12.5. The number of benzene rings is 2. The Bertz CT molecular complexity index is 855. The largest absolute Gasteiger partial charge is 0.493 e. The van der Waals surface area contributed by atoms with Gasteiger partial charge in [0.15, 0.2) is 5.78 Å². The fourth-order valence-corrected chi connectivity index (χ4v) is 3.57. The van der Waals surface area contributed by atoms with Crippen LogP contribution in [0.1, 0.15) is 20.8 Å². The summed E-state index contributed by atoms with van der Waals surface area (Å²) in [5.74, 6) is 1.08. The predicted molar refractivity (Wildman–Crippen MR) is 91.2 cm³/mol. The number of rotatable bonds is 4. The number of hydrogen-bond acceptors (Lipinski definition) is 4. The van der Waals surface area contributed by atoms with Crippen LogP contribution < -0.4 is 4.74 Å². The number of fused-ring (bicyclic) bond motifs is 1. The van der Waals surface area contributed by atoms with Crippen LogP contribution in [0.4, 0.5) is 0 Å². The van der Waals surface area contributed by atoms with Crippen LogP contribution in [-0.4, -0.2) is 17.4 Å². The van der Waals surface area contributed by atoms with Gasteiger partial charge in [-0.05, 0) is 29.3 Å². The van der Waals surface area contributed by atoms with E-state index in [-0.39, 0.29) is 5.78 Å². The van der Waals surface area contributed by atoms with Gasteiger partial charge in [0.1, 0.15) is 10.8 Å². The minimum atomic E-state index is 0.115. The zero-order chi connectivity index (χ0) is 15.6. The van der Waals surface area contributed by atoms with Crippen molar-refractivity contribution in [1.29, 1.82) is 0 Å². The monoisotopic (exact) mass is 321 g/mol. The molecule has 1 aliphatic rings. The van der Waals surface area contributed by atoms with E-state index >= 15 is 0 Å². The Morgan fingerprint density at radius 2 is 2.04 bits per heavy atom. The van der Waals surface area contributed by atoms with Gasteiger partial charge < -0.3 is 4.74 Å². The van der Waals surface area contributed by atoms with E-state index in [0.29, 0.717) is 11.3 Å². The summed E-state index contributed by atoms with van der Waals surface area (Å²) in [5, 5.41) is 0.885. The van der Waals surface area contributed by atoms with Crippen LogP contribution in [-0.2, 0) is 12.8 Å². The maximum Gasteiger partial charge on any atom is 0.178 e. The fraction of sp³-hybridized carbons (Fsp3) is 0.158. The number of ketones is 1. The molecule has 2 aromatic carbocycles. The Balaban J connectivity index is 1.56. The SMILES string of the molecule is O=C(Cc1ccccc1)c1cnc(-c2ccc3c(c2)CCO3)s1. The van der Waals surface area contributed by atoms with Crippen molar-refractivity contribution in [3.8, 4) is 16.3 Å². The van der Waals surface area contributed by atoms with Crippen LogP contribution in [0.15, 0.2) is 54.7 Å². The minimum absolute atomic E-state index is 0.115. The van der Waals surface area contributed by atoms with Crippen LogP contribution >= 0.6 is 11.3 Å². The maximum atomic E-state index is 12.4. The maximum absolute atomic E-state index is 12.4. The average Bonchev–Trinajstić information content (AvgIpc) is 3.24. The summed E-state index contributed by atoms with van der Waals surface area (Å²) in [6.07, 6.45) is 3.05. The number of aromatic nitrogens is 1.